The van der Waals surface area contributed by atoms with E-state index in [0.717, 1.165) is 99.6 Å². The minimum Gasteiger partial charge on any atom is -0.310 e. The molecule has 308 valence electrons. The van der Waals surface area contributed by atoms with Gasteiger partial charge < -0.3 is 20.2 Å². The highest BCUT2D eigenvalue weighted by molar-refractivity contribution is 6.33. The first-order chi connectivity index (χ1) is 27.8. The van der Waals surface area contributed by atoms with Gasteiger partial charge in [0, 0.05) is 83.8 Å². The van der Waals surface area contributed by atoms with Gasteiger partial charge in [-0.2, -0.15) is 10.2 Å². The Labute approximate surface area is 350 Å². The third-order valence-corrected chi connectivity index (χ3v) is 12.8. The van der Waals surface area contributed by atoms with Gasteiger partial charge in [0.05, 0.1) is 22.4 Å². The minimum atomic E-state index is -0.0738. The van der Waals surface area contributed by atoms with E-state index in [-0.39, 0.29) is 35.2 Å². The summed E-state index contributed by atoms with van der Waals surface area (Å²) >= 11 is 12.9. The fraction of sp³-hybridized carbons (Fsp3) is 0.545. The zero-order valence-corrected chi connectivity index (χ0v) is 35.4. The molecule has 4 aliphatic rings. The second kappa shape index (κ2) is 18.2. The monoisotopic (exact) mass is 828 g/mol. The number of rotatable bonds is 10. The van der Waals surface area contributed by atoms with E-state index in [1.165, 1.54) is 11.4 Å². The molecule has 2 saturated carbocycles. The second-order valence-corrected chi connectivity index (χ2v) is 18.2. The molecule has 0 saturated heterocycles. The number of nitrogens with zero attached hydrogens (tertiary/aromatic N) is 6. The standard InChI is InChI=1S/2C22H27ClN4O2/c2*1-13-6-20-18(10-25-27(20)12-13)17-9-21(24-11-19(17)23)26-22(29)16-5-3-4-15(8-16)7-14(2)28/h2*9-11,13,15-16H,3-8,12H2,1-2H3,(H,24,26,29)/t2*13?,15-,16-/m00/s1. The average Bonchev–Trinajstić information content (AvgIpc) is 3.94. The zero-order chi connectivity index (χ0) is 41.1. The third kappa shape index (κ3) is 9.88. The molecule has 0 bridgehead atoms. The number of pyridine rings is 2. The van der Waals surface area contributed by atoms with Crippen molar-refractivity contribution in [3.8, 4) is 22.3 Å². The highest BCUT2D eigenvalue weighted by atomic mass is 35.5. The number of halogens is 2. The Hall–Kier alpha value is -4.42. The molecule has 12 nitrogen and oxygen atoms in total. The number of hydrogen-bond donors (Lipinski definition) is 2. The smallest absolute Gasteiger partial charge is 0.228 e. The van der Waals surface area contributed by atoms with E-state index in [1.54, 1.807) is 26.2 Å². The first kappa shape index (κ1) is 41.7. The van der Waals surface area contributed by atoms with Gasteiger partial charge in [-0.15, -0.1) is 0 Å². The Morgan fingerprint density at radius 2 is 1.05 bits per heavy atom. The van der Waals surface area contributed by atoms with Gasteiger partial charge in [-0.3, -0.25) is 19.0 Å². The van der Waals surface area contributed by atoms with E-state index >= 15 is 0 Å². The Bertz CT molecular complexity index is 2030. The SMILES string of the molecule is CC(=O)C[C@@H]1CCC[C@H](C(=O)Nc2cc(-c3cnn4c3CC(C)C4)c(Cl)cn2)C1.CC(=O)C[C@@H]1CCC[C@H](C(=O)Nc2cc(-c3cnn4c3CC(C)C4)c(Cl)cn2)C1. The van der Waals surface area contributed by atoms with Crippen LogP contribution in [0.5, 0.6) is 0 Å². The first-order valence-electron chi connectivity index (χ1n) is 20.8. The van der Waals surface area contributed by atoms with Crippen LogP contribution in [0.3, 0.4) is 0 Å². The lowest BCUT2D eigenvalue weighted by Crippen LogP contribution is -2.29. The second-order valence-electron chi connectivity index (χ2n) is 17.3. The van der Waals surface area contributed by atoms with Crippen LogP contribution in [0.15, 0.2) is 36.9 Å². The molecular formula is C44H54Cl2N8O4. The van der Waals surface area contributed by atoms with E-state index in [2.05, 4.69) is 44.6 Å². The van der Waals surface area contributed by atoms with Crippen LogP contribution in [0.1, 0.15) is 103 Å². The topological polar surface area (TPSA) is 154 Å². The maximum Gasteiger partial charge on any atom is 0.228 e. The molecule has 2 N–H and O–H groups in total. The molecule has 2 unspecified atom stereocenters. The molecule has 4 aromatic rings. The number of amides is 2. The molecule has 2 aliphatic heterocycles. The highest BCUT2D eigenvalue weighted by Crippen LogP contribution is 2.38. The zero-order valence-electron chi connectivity index (χ0n) is 33.9. The van der Waals surface area contributed by atoms with Crippen molar-refractivity contribution < 1.29 is 19.2 Å². The quantitative estimate of drug-likeness (QED) is 0.161. The van der Waals surface area contributed by atoms with Crippen molar-refractivity contribution >= 4 is 58.2 Å². The van der Waals surface area contributed by atoms with Crippen LogP contribution in [0.2, 0.25) is 10.0 Å². The van der Waals surface area contributed by atoms with Crippen molar-refractivity contribution in [3.05, 3.63) is 58.4 Å². The van der Waals surface area contributed by atoms with E-state index in [1.807, 2.05) is 33.9 Å². The van der Waals surface area contributed by atoms with Crippen LogP contribution in [0.4, 0.5) is 11.6 Å². The summed E-state index contributed by atoms with van der Waals surface area (Å²) in [6.45, 7) is 9.51. The molecule has 8 rings (SSSR count). The largest absolute Gasteiger partial charge is 0.310 e. The molecule has 6 atom stereocenters. The minimum absolute atomic E-state index is 0.0205. The fourth-order valence-corrected chi connectivity index (χ4v) is 9.93. The third-order valence-electron chi connectivity index (χ3n) is 12.2. The lowest BCUT2D eigenvalue weighted by Gasteiger charge is -2.27. The summed E-state index contributed by atoms with van der Waals surface area (Å²) < 4.78 is 4.07. The van der Waals surface area contributed by atoms with Crippen molar-refractivity contribution in [1.29, 1.82) is 0 Å². The number of Topliss-reactive ketones (excluding diaryl/α,β-unsaturated/α-hetero) is 2. The summed E-state index contributed by atoms with van der Waals surface area (Å²) in [7, 11) is 0. The van der Waals surface area contributed by atoms with Crippen LogP contribution in [-0.2, 0) is 45.1 Å². The number of hydrogen-bond acceptors (Lipinski definition) is 8. The van der Waals surface area contributed by atoms with Crippen LogP contribution in [-0.4, -0.2) is 52.9 Å². The van der Waals surface area contributed by atoms with Crippen LogP contribution in [0, 0.1) is 35.5 Å². The van der Waals surface area contributed by atoms with E-state index in [9.17, 15) is 19.2 Å². The molecule has 2 aliphatic carbocycles. The van der Waals surface area contributed by atoms with Crippen molar-refractivity contribution in [2.75, 3.05) is 10.6 Å². The number of fused-ring (bicyclic) bond motifs is 2. The number of ketones is 2. The lowest BCUT2D eigenvalue weighted by atomic mass is 9.79. The maximum absolute atomic E-state index is 12.8. The number of aromatic nitrogens is 6. The van der Waals surface area contributed by atoms with Gasteiger partial charge in [0.2, 0.25) is 11.8 Å². The lowest BCUT2D eigenvalue weighted by molar-refractivity contribution is -0.123. The van der Waals surface area contributed by atoms with E-state index in [4.69, 9.17) is 23.2 Å². The predicted octanol–water partition coefficient (Wildman–Crippen LogP) is 9.03. The summed E-state index contributed by atoms with van der Waals surface area (Å²) in [4.78, 5) is 57.1. The van der Waals surface area contributed by atoms with Crippen molar-refractivity contribution in [1.82, 2.24) is 29.5 Å². The molecule has 0 aromatic carbocycles. The highest BCUT2D eigenvalue weighted by Gasteiger charge is 2.31. The Balaban J connectivity index is 0.000000177. The predicted molar refractivity (Wildman–Crippen MR) is 225 cm³/mol. The summed E-state index contributed by atoms with van der Waals surface area (Å²) in [5.41, 5.74) is 6.09. The molecule has 2 amide bonds. The molecule has 6 heterocycles. The van der Waals surface area contributed by atoms with E-state index < -0.39 is 0 Å². The molecule has 0 radical (unpaired) electrons. The molecule has 4 aromatic heterocycles. The fourth-order valence-electron chi connectivity index (χ4n) is 9.52. The average molecular weight is 830 g/mol. The molecule has 58 heavy (non-hydrogen) atoms. The van der Waals surface area contributed by atoms with Crippen LogP contribution >= 0.6 is 23.2 Å². The Kier molecular flexibility index (Phi) is 13.1. The number of carbonyl (C=O) groups is 4. The van der Waals surface area contributed by atoms with Crippen LogP contribution < -0.4 is 10.6 Å². The van der Waals surface area contributed by atoms with Gasteiger partial charge >= 0.3 is 0 Å². The summed E-state index contributed by atoms with van der Waals surface area (Å²) in [5, 5.41) is 16.0. The Morgan fingerprint density at radius 3 is 1.45 bits per heavy atom. The normalized spacial score (nSPS) is 23.6. The Morgan fingerprint density at radius 1 is 0.638 bits per heavy atom. The molecular weight excluding hydrogens is 775 g/mol. The van der Waals surface area contributed by atoms with E-state index in [0.29, 0.717) is 58.2 Å². The van der Waals surface area contributed by atoms with Crippen molar-refractivity contribution in [2.24, 2.45) is 35.5 Å². The summed E-state index contributed by atoms with van der Waals surface area (Å²) in [6.07, 6.45) is 17.2. The number of nitrogens with one attached hydrogen (secondary N) is 2. The molecule has 14 heteroatoms. The van der Waals surface area contributed by atoms with Gasteiger partial charge in [-0.25, -0.2) is 9.97 Å². The maximum atomic E-state index is 12.8. The summed E-state index contributed by atoms with van der Waals surface area (Å²) in [5.74, 6) is 2.96. The number of anilines is 2. The van der Waals surface area contributed by atoms with Gasteiger partial charge in [0.15, 0.2) is 0 Å². The van der Waals surface area contributed by atoms with Crippen LogP contribution in [0.25, 0.3) is 22.3 Å². The molecule has 0 spiro atoms. The number of carbonyl (C=O) groups excluding carboxylic acids is 4. The van der Waals surface area contributed by atoms with Gasteiger partial charge in [-0.05, 0) is 101 Å². The van der Waals surface area contributed by atoms with Crippen molar-refractivity contribution in [2.45, 2.75) is 118 Å². The van der Waals surface area contributed by atoms with Gasteiger partial charge in [0.25, 0.3) is 0 Å². The van der Waals surface area contributed by atoms with Gasteiger partial charge in [-0.1, -0.05) is 49.9 Å². The summed E-state index contributed by atoms with van der Waals surface area (Å²) in [6, 6.07) is 3.69. The van der Waals surface area contributed by atoms with Crippen molar-refractivity contribution in [3.63, 3.8) is 0 Å². The molecule has 2 fully saturated rings. The first-order valence-corrected chi connectivity index (χ1v) is 21.6. The van der Waals surface area contributed by atoms with Gasteiger partial charge in [0.1, 0.15) is 23.2 Å².